The number of hydroxylamine groups is 1. The van der Waals surface area contributed by atoms with Gasteiger partial charge in [0.05, 0.1) is 20.3 Å². The minimum atomic E-state index is -0.615. The Morgan fingerprint density at radius 3 is 2.34 bits per heavy atom. The zero-order chi connectivity index (χ0) is 24.9. The molecule has 3 aromatic carbocycles. The summed E-state index contributed by atoms with van der Waals surface area (Å²) in [5.74, 6) is -0.982. The fourth-order valence-corrected chi connectivity index (χ4v) is 4.28. The molecule has 0 spiro atoms. The van der Waals surface area contributed by atoms with E-state index in [1.807, 2.05) is 36.4 Å². The van der Waals surface area contributed by atoms with Crippen molar-refractivity contribution in [3.8, 4) is 11.1 Å². The topological polar surface area (TPSA) is 86.6 Å². The van der Waals surface area contributed by atoms with Crippen LogP contribution in [0.2, 0.25) is 0 Å². The van der Waals surface area contributed by atoms with E-state index in [9.17, 15) is 14.4 Å². The fourth-order valence-electron chi connectivity index (χ4n) is 3.92. The van der Waals surface area contributed by atoms with Crippen molar-refractivity contribution >= 4 is 38.6 Å². The first-order chi connectivity index (χ1) is 16.9. The number of halogens is 1. The standard InChI is InChI=1S/C27H23BrN2O5/c1-3-35-29-25(31)19-11-9-17(10-12-19)16-30-24(27(33)34-2)23(18-7-5-4-6-8-18)22-15-20(28)13-14-21(22)26(30)32/h4-15H,3,16H2,1-2H3,(H,29,31). The SMILES string of the molecule is CCONC(=O)c1ccc(Cn2c(C(=O)OC)c(-c3ccccc3)c3cc(Br)ccc3c2=O)cc1. The number of pyridine rings is 1. The number of fused-ring (bicyclic) bond motifs is 1. The molecule has 1 aromatic heterocycles. The maximum Gasteiger partial charge on any atom is 0.355 e. The van der Waals surface area contributed by atoms with Crippen LogP contribution in [0.15, 0.2) is 82.1 Å². The lowest BCUT2D eigenvalue weighted by atomic mass is 9.96. The maximum atomic E-state index is 13.6. The first-order valence-corrected chi connectivity index (χ1v) is 11.7. The summed E-state index contributed by atoms with van der Waals surface area (Å²) in [4.78, 5) is 43.8. The molecule has 0 saturated carbocycles. The molecule has 0 aliphatic rings. The van der Waals surface area contributed by atoms with Crippen molar-refractivity contribution in [1.82, 2.24) is 10.0 Å². The highest BCUT2D eigenvalue weighted by Gasteiger charge is 2.24. The number of methoxy groups -OCH3 is 1. The quantitative estimate of drug-likeness (QED) is 0.268. The van der Waals surface area contributed by atoms with Gasteiger partial charge in [-0.25, -0.2) is 10.3 Å². The molecule has 4 aromatic rings. The second-order valence-corrected chi connectivity index (χ2v) is 8.64. The van der Waals surface area contributed by atoms with Crippen LogP contribution in [0.25, 0.3) is 21.9 Å². The molecule has 0 radical (unpaired) electrons. The minimum Gasteiger partial charge on any atom is -0.464 e. The zero-order valence-electron chi connectivity index (χ0n) is 19.2. The van der Waals surface area contributed by atoms with Gasteiger partial charge in [0.1, 0.15) is 5.69 Å². The van der Waals surface area contributed by atoms with Gasteiger partial charge in [-0.15, -0.1) is 0 Å². The van der Waals surface area contributed by atoms with Crippen LogP contribution in [-0.4, -0.2) is 30.2 Å². The largest absolute Gasteiger partial charge is 0.464 e. The molecule has 0 saturated heterocycles. The fraction of sp³-hybridized carbons (Fsp3) is 0.148. The smallest absolute Gasteiger partial charge is 0.355 e. The molecule has 0 bridgehead atoms. The molecule has 35 heavy (non-hydrogen) atoms. The van der Waals surface area contributed by atoms with Crippen LogP contribution in [0.4, 0.5) is 0 Å². The average molecular weight is 535 g/mol. The normalized spacial score (nSPS) is 10.8. The molecule has 4 rings (SSSR count). The number of benzene rings is 3. The van der Waals surface area contributed by atoms with Crippen LogP contribution in [0.3, 0.4) is 0 Å². The lowest BCUT2D eigenvalue weighted by molar-refractivity contribution is 0.0364. The highest BCUT2D eigenvalue weighted by molar-refractivity contribution is 9.10. The minimum absolute atomic E-state index is 0.114. The van der Waals surface area contributed by atoms with Gasteiger partial charge < -0.3 is 4.74 Å². The van der Waals surface area contributed by atoms with E-state index in [0.717, 1.165) is 15.6 Å². The van der Waals surface area contributed by atoms with Crippen LogP contribution < -0.4 is 11.0 Å². The highest BCUT2D eigenvalue weighted by Crippen LogP contribution is 2.33. The van der Waals surface area contributed by atoms with Crippen LogP contribution in [0.1, 0.15) is 33.3 Å². The van der Waals surface area contributed by atoms with Crippen molar-refractivity contribution in [2.45, 2.75) is 13.5 Å². The maximum absolute atomic E-state index is 13.6. The van der Waals surface area contributed by atoms with Crippen LogP contribution in [0, 0.1) is 0 Å². The first kappa shape index (κ1) is 24.4. The first-order valence-electron chi connectivity index (χ1n) is 11.0. The second kappa shape index (κ2) is 10.7. The third kappa shape index (κ3) is 5.03. The van der Waals surface area contributed by atoms with Crippen molar-refractivity contribution < 1.29 is 19.2 Å². The number of rotatable bonds is 7. The number of aromatic nitrogens is 1. The van der Waals surface area contributed by atoms with Gasteiger partial charge in [0.15, 0.2) is 0 Å². The van der Waals surface area contributed by atoms with Gasteiger partial charge >= 0.3 is 5.97 Å². The number of nitrogens with zero attached hydrogens (tertiary/aromatic N) is 1. The number of carbonyl (C=O) groups excluding carboxylic acids is 2. The van der Waals surface area contributed by atoms with E-state index in [2.05, 4.69) is 21.4 Å². The van der Waals surface area contributed by atoms with Gasteiger partial charge in [-0.05, 0) is 53.8 Å². The molecule has 0 aliphatic heterocycles. The lowest BCUT2D eigenvalue weighted by Gasteiger charge is -2.19. The van der Waals surface area contributed by atoms with E-state index in [-0.39, 0.29) is 23.7 Å². The summed E-state index contributed by atoms with van der Waals surface area (Å²) in [6.07, 6.45) is 0. The summed E-state index contributed by atoms with van der Waals surface area (Å²) in [6.45, 7) is 2.24. The third-order valence-corrected chi connectivity index (χ3v) is 6.03. The third-order valence-electron chi connectivity index (χ3n) is 5.54. The van der Waals surface area contributed by atoms with Crippen LogP contribution in [-0.2, 0) is 16.1 Å². The molecule has 1 amide bonds. The van der Waals surface area contributed by atoms with Crippen molar-refractivity contribution in [3.05, 3.63) is 104 Å². The Bertz CT molecular complexity index is 1450. The molecule has 8 heteroatoms. The van der Waals surface area contributed by atoms with Gasteiger partial charge in [0.25, 0.3) is 11.5 Å². The van der Waals surface area contributed by atoms with E-state index in [1.165, 1.54) is 11.7 Å². The van der Waals surface area contributed by atoms with Crippen LogP contribution >= 0.6 is 15.9 Å². The van der Waals surface area contributed by atoms with Gasteiger partial charge in [0.2, 0.25) is 0 Å². The average Bonchev–Trinajstić information content (AvgIpc) is 2.89. The summed E-state index contributed by atoms with van der Waals surface area (Å²) < 4.78 is 7.34. The number of ether oxygens (including phenoxy) is 1. The van der Waals surface area contributed by atoms with E-state index < -0.39 is 5.97 Å². The summed E-state index contributed by atoms with van der Waals surface area (Å²) in [6, 6.07) is 21.6. The molecule has 1 heterocycles. The summed E-state index contributed by atoms with van der Waals surface area (Å²) in [7, 11) is 1.29. The second-order valence-electron chi connectivity index (χ2n) is 7.72. The molecule has 0 atom stereocenters. The molecule has 0 aliphatic carbocycles. The highest BCUT2D eigenvalue weighted by atomic mass is 79.9. The number of hydrogen-bond donors (Lipinski definition) is 1. The van der Waals surface area contributed by atoms with Gasteiger partial charge in [0, 0.05) is 21.0 Å². The van der Waals surface area contributed by atoms with E-state index in [0.29, 0.717) is 28.5 Å². The molecule has 1 N–H and O–H groups in total. The van der Waals surface area contributed by atoms with Gasteiger partial charge in [-0.1, -0.05) is 58.4 Å². The molecule has 0 fully saturated rings. The van der Waals surface area contributed by atoms with E-state index in [4.69, 9.17) is 9.57 Å². The molecular formula is C27H23BrN2O5. The predicted molar refractivity (Wildman–Crippen MR) is 137 cm³/mol. The Morgan fingerprint density at radius 1 is 0.971 bits per heavy atom. The summed E-state index contributed by atoms with van der Waals surface area (Å²) in [5.41, 5.74) is 4.74. The molecule has 0 unspecified atom stereocenters. The number of esters is 1. The number of hydrogen-bond acceptors (Lipinski definition) is 5. The summed E-state index contributed by atoms with van der Waals surface area (Å²) in [5, 5.41) is 1.13. The van der Waals surface area contributed by atoms with Crippen molar-refractivity contribution in [2.75, 3.05) is 13.7 Å². The number of amides is 1. The van der Waals surface area contributed by atoms with E-state index in [1.54, 1.807) is 43.3 Å². The molecular weight excluding hydrogens is 512 g/mol. The van der Waals surface area contributed by atoms with Crippen molar-refractivity contribution in [3.63, 3.8) is 0 Å². The Morgan fingerprint density at radius 2 is 1.69 bits per heavy atom. The van der Waals surface area contributed by atoms with Gasteiger partial charge in [-0.2, -0.15) is 0 Å². The lowest BCUT2D eigenvalue weighted by Crippen LogP contribution is -2.28. The summed E-state index contributed by atoms with van der Waals surface area (Å²) >= 11 is 3.48. The Kier molecular flexibility index (Phi) is 7.43. The molecule has 178 valence electrons. The molecule has 7 nitrogen and oxygen atoms in total. The zero-order valence-corrected chi connectivity index (χ0v) is 20.8. The van der Waals surface area contributed by atoms with Gasteiger partial charge in [-0.3, -0.25) is 19.0 Å². The number of carbonyl (C=O) groups is 2. The van der Waals surface area contributed by atoms with Crippen LogP contribution in [0.5, 0.6) is 0 Å². The Labute approximate surface area is 210 Å². The van der Waals surface area contributed by atoms with E-state index >= 15 is 0 Å². The van der Waals surface area contributed by atoms with Crippen molar-refractivity contribution in [1.29, 1.82) is 0 Å². The Hall–Kier alpha value is -3.75. The van der Waals surface area contributed by atoms with Crippen molar-refractivity contribution in [2.24, 2.45) is 0 Å². The number of nitrogens with one attached hydrogen (secondary N) is 1. The monoisotopic (exact) mass is 534 g/mol. The predicted octanol–water partition coefficient (Wildman–Crippen LogP) is 4.95. The Balaban J connectivity index is 1.90.